The van der Waals surface area contributed by atoms with E-state index in [0.29, 0.717) is 12.1 Å². The fourth-order valence-electron chi connectivity index (χ4n) is 2.52. The summed E-state index contributed by atoms with van der Waals surface area (Å²) >= 11 is 6.43. The summed E-state index contributed by atoms with van der Waals surface area (Å²) in [6, 6.07) is 2.47. The van der Waals surface area contributed by atoms with E-state index < -0.39 is 0 Å². The van der Waals surface area contributed by atoms with E-state index in [1.807, 2.05) is 12.3 Å². The highest BCUT2D eigenvalue weighted by atomic mass is 35.5. The van der Waals surface area contributed by atoms with E-state index in [0.717, 1.165) is 55.5 Å². The maximum atomic E-state index is 6.43. The molecule has 0 spiro atoms. The molecule has 1 N–H and O–H groups in total. The van der Waals surface area contributed by atoms with Crippen LogP contribution in [-0.2, 0) is 11.3 Å². The third-order valence-electron chi connectivity index (χ3n) is 3.72. The lowest BCUT2D eigenvalue weighted by Crippen LogP contribution is -2.33. The maximum Gasteiger partial charge on any atom is 0.147 e. The second-order valence-corrected chi connectivity index (χ2v) is 6.27. The van der Waals surface area contributed by atoms with Crippen molar-refractivity contribution in [3.8, 4) is 0 Å². The number of likely N-dealkylation sites (N-methyl/N-ethyl adjacent to an activating group) is 1. The summed E-state index contributed by atoms with van der Waals surface area (Å²) in [5.41, 5.74) is 1.12. The van der Waals surface area contributed by atoms with Crippen LogP contribution in [0.25, 0.3) is 0 Å². The van der Waals surface area contributed by atoms with Gasteiger partial charge in [-0.2, -0.15) is 0 Å². The summed E-state index contributed by atoms with van der Waals surface area (Å²) in [6.45, 7) is 9.81. The van der Waals surface area contributed by atoms with Gasteiger partial charge in [-0.15, -0.1) is 0 Å². The second-order valence-electron chi connectivity index (χ2n) is 5.86. The van der Waals surface area contributed by atoms with Crippen LogP contribution in [0.4, 0.5) is 5.82 Å². The lowest BCUT2D eigenvalue weighted by molar-refractivity contribution is 0.115. The zero-order valence-corrected chi connectivity index (χ0v) is 14.0. The van der Waals surface area contributed by atoms with Crippen molar-refractivity contribution in [2.75, 3.05) is 24.6 Å². The van der Waals surface area contributed by atoms with Crippen LogP contribution in [0.15, 0.2) is 12.3 Å². The van der Waals surface area contributed by atoms with E-state index in [-0.39, 0.29) is 0 Å². The first kappa shape index (κ1) is 16.5. The molecule has 0 bridgehead atoms. The van der Waals surface area contributed by atoms with Crippen LogP contribution in [0.2, 0.25) is 5.02 Å². The van der Waals surface area contributed by atoms with E-state index in [9.17, 15) is 0 Å². The van der Waals surface area contributed by atoms with E-state index in [1.54, 1.807) is 0 Å². The summed E-state index contributed by atoms with van der Waals surface area (Å²) in [4.78, 5) is 6.77. The van der Waals surface area contributed by atoms with Gasteiger partial charge in [-0.1, -0.05) is 25.4 Å². The Labute approximate surface area is 132 Å². The molecular weight excluding hydrogens is 286 g/mol. The molecule has 1 unspecified atom stereocenters. The average Bonchev–Trinajstić information content (AvgIpc) is 2.96. The highest BCUT2D eigenvalue weighted by molar-refractivity contribution is 6.33. The van der Waals surface area contributed by atoms with Crippen LogP contribution in [0, 0.1) is 0 Å². The highest BCUT2D eigenvalue weighted by Crippen LogP contribution is 2.25. The van der Waals surface area contributed by atoms with Crippen LogP contribution in [0.1, 0.15) is 39.2 Å². The number of rotatable bonds is 7. The number of halogens is 1. The Hall–Kier alpha value is -0.840. The smallest absolute Gasteiger partial charge is 0.147 e. The van der Waals surface area contributed by atoms with Crippen LogP contribution >= 0.6 is 11.6 Å². The Kier molecular flexibility index (Phi) is 6.27. The SMILES string of the molecule is CCN(CC1CCCO1)c1ncc(CNC(C)C)cc1Cl. The van der Waals surface area contributed by atoms with Gasteiger partial charge < -0.3 is 15.0 Å². The van der Waals surface area contributed by atoms with E-state index in [2.05, 4.69) is 36.0 Å². The zero-order chi connectivity index (χ0) is 15.2. The number of pyridine rings is 1. The number of hydrogen-bond donors (Lipinski definition) is 1. The normalized spacial score (nSPS) is 18.4. The zero-order valence-electron chi connectivity index (χ0n) is 13.2. The number of nitrogens with zero attached hydrogens (tertiary/aromatic N) is 2. The van der Waals surface area contributed by atoms with E-state index >= 15 is 0 Å². The van der Waals surface area contributed by atoms with Gasteiger partial charge in [0.25, 0.3) is 0 Å². The molecule has 4 nitrogen and oxygen atoms in total. The number of anilines is 1. The summed E-state index contributed by atoms with van der Waals surface area (Å²) in [7, 11) is 0. The van der Waals surface area contributed by atoms with Crippen LogP contribution < -0.4 is 10.2 Å². The van der Waals surface area contributed by atoms with Gasteiger partial charge in [0.2, 0.25) is 0 Å². The van der Waals surface area contributed by atoms with Crippen molar-refractivity contribution in [1.29, 1.82) is 0 Å². The predicted molar refractivity (Wildman–Crippen MR) is 88.1 cm³/mol. The molecule has 0 aliphatic carbocycles. The fraction of sp³-hybridized carbons (Fsp3) is 0.688. The van der Waals surface area contributed by atoms with Crippen LogP contribution in [0.5, 0.6) is 0 Å². The van der Waals surface area contributed by atoms with E-state index in [1.165, 1.54) is 0 Å². The van der Waals surface area contributed by atoms with Crippen LogP contribution in [-0.4, -0.2) is 36.8 Å². The van der Waals surface area contributed by atoms with Gasteiger partial charge in [-0.25, -0.2) is 4.98 Å². The van der Waals surface area contributed by atoms with Crippen molar-refractivity contribution >= 4 is 17.4 Å². The molecule has 1 atom stereocenters. The molecule has 2 rings (SSSR count). The Morgan fingerprint density at radius 3 is 2.90 bits per heavy atom. The molecule has 1 aromatic rings. The molecule has 118 valence electrons. The summed E-state index contributed by atoms with van der Waals surface area (Å²) in [5, 5.41) is 4.10. The fourth-order valence-corrected chi connectivity index (χ4v) is 2.83. The first-order valence-electron chi connectivity index (χ1n) is 7.84. The molecule has 1 aromatic heterocycles. The molecule has 0 aromatic carbocycles. The first-order valence-corrected chi connectivity index (χ1v) is 8.22. The molecule has 2 heterocycles. The molecule has 5 heteroatoms. The van der Waals surface area contributed by atoms with E-state index in [4.69, 9.17) is 16.3 Å². The van der Waals surface area contributed by atoms with Crippen molar-refractivity contribution < 1.29 is 4.74 Å². The van der Waals surface area contributed by atoms with Crippen molar-refractivity contribution in [3.63, 3.8) is 0 Å². The Morgan fingerprint density at radius 2 is 2.33 bits per heavy atom. The van der Waals surface area contributed by atoms with Gasteiger partial charge in [0.05, 0.1) is 11.1 Å². The number of ether oxygens (including phenoxy) is 1. The molecule has 1 aliphatic heterocycles. The lowest BCUT2D eigenvalue weighted by Gasteiger charge is -2.26. The van der Waals surface area contributed by atoms with Crippen molar-refractivity contribution in [2.45, 2.75) is 52.3 Å². The third-order valence-corrected chi connectivity index (χ3v) is 4.00. The van der Waals surface area contributed by atoms with Gasteiger partial charge in [0, 0.05) is 38.5 Å². The minimum atomic E-state index is 0.310. The third kappa shape index (κ3) is 4.83. The van der Waals surface area contributed by atoms with Gasteiger partial charge in [-0.3, -0.25) is 0 Å². The summed E-state index contributed by atoms with van der Waals surface area (Å²) in [5.74, 6) is 0.864. The quantitative estimate of drug-likeness (QED) is 0.839. The van der Waals surface area contributed by atoms with Crippen molar-refractivity contribution in [3.05, 3.63) is 22.8 Å². The number of aromatic nitrogens is 1. The predicted octanol–water partition coefficient (Wildman–Crippen LogP) is 3.24. The van der Waals surface area contributed by atoms with Gasteiger partial charge in [-0.05, 0) is 31.4 Å². The van der Waals surface area contributed by atoms with Crippen molar-refractivity contribution in [2.24, 2.45) is 0 Å². The maximum absolute atomic E-state index is 6.43. The molecule has 0 saturated carbocycles. The molecule has 0 radical (unpaired) electrons. The second kappa shape index (κ2) is 7.97. The van der Waals surface area contributed by atoms with Gasteiger partial charge >= 0.3 is 0 Å². The van der Waals surface area contributed by atoms with Crippen LogP contribution in [0.3, 0.4) is 0 Å². The molecule has 1 aliphatic rings. The Morgan fingerprint density at radius 1 is 1.52 bits per heavy atom. The molecule has 21 heavy (non-hydrogen) atoms. The first-order chi connectivity index (χ1) is 10.1. The summed E-state index contributed by atoms with van der Waals surface area (Å²) in [6.07, 6.45) is 4.51. The minimum absolute atomic E-state index is 0.310. The molecule has 1 fully saturated rings. The van der Waals surface area contributed by atoms with Gasteiger partial charge in [0.15, 0.2) is 0 Å². The number of nitrogens with one attached hydrogen (secondary N) is 1. The highest BCUT2D eigenvalue weighted by Gasteiger charge is 2.20. The van der Waals surface area contributed by atoms with Gasteiger partial charge in [0.1, 0.15) is 5.82 Å². The van der Waals surface area contributed by atoms with Crippen molar-refractivity contribution in [1.82, 2.24) is 10.3 Å². The monoisotopic (exact) mass is 311 g/mol. The largest absolute Gasteiger partial charge is 0.376 e. The lowest BCUT2D eigenvalue weighted by atomic mass is 10.2. The Balaban J connectivity index is 2.03. The summed E-state index contributed by atoms with van der Waals surface area (Å²) < 4.78 is 5.71. The average molecular weight is 312 g/mol. The minimum Gasteiger partial charge on any atom is -0.376 e. The Bertz CT molecular complexity index is 447. The standard InChI is InChI=1S/C16H26ClN3O/c1-4-20(11-14-6-5-7-21-14)16-15(17)8-13(10-19-16)9-18-12(2)3/h8,10,12,14,18H,4-7,9,11H2,1-3H3. The topological polar surface area (TPSA) is 37.4 Å². The number of hydrogen-bond acceptors (Lipinski definition) is 4. The molecule has 1 saturated heterocycles. The molecular formula is C16H26ClN3O. The molecule has 0 amide bonds.